The highest BCUT2D eigenvalue weighted by molar-refractivity contribution is 5.62. The number of methoxy groups -OCH3 is 1. The molecule has 2 fully saturated rings. The van der Waals surface area contributed by atoms with E-state index in [9.17, 15) is 35.7 Å². The summed E-state index contributed by atoms with van der Waals surface area (Å²) in [5, 5.41) is 71.2. The molecule has 4 rings (SSSR count). The third kappa shape index (κ3) is 4.32. The highest BCUT2D eigenvalue weighted by Crippen LogP contribution is 2.56. The van der Waals surface area contributed by atoms with E-state index in [1.807, 2.05) is 6.07 Å². The lowest BCUT2D eigenvalue weighted by Gasteiger charge is -2.40. The third-order valence-corrected chi connectivity index (χ3v) is 5.81. The number of epoxide rings is 1. The van der Waals surface area contributed by atoms with Gasteiger partial charge in [0.2, 0.25) is 5.75 Å². The number of phenolic OH excluding ortho intramolecular Hbond substituents is 2. The summed E-state index contributed by atoms with van der Waals surface area (Å²) in [6.07, 6.45) is -10.2. The molecule has 11 heteroatoms. The number of hydrogen-bond acceptors (Lipinski definition) is 11. The first kappa shape index (κ1) is 23.5. The summed E-state index contributed by atoms with van der Waals surface area (Å²) in [5.74, 6) is -1.42. The van der Waals surface area contributed by atoms with Gasteiger partial charge in [-0.15, -0.1) is 0 Å². The molecule has 33 heavy (non-hydrogen) atoms. The van der Waals surface area contributed by atoms with Gasteiger partial charge in [0.05, 0.1) is 19.3 Å². The Kier molecular flexibility index (Phi) is 6.64. The van der Waals surface area contributed by atoms with E-state index in [2.05, 4.69) is 0 Å². The lowest BCUT2D eigenvalue weighted by atomic mass is 9.98. The van der Waals surface area contributed by atoms with Crippen molar-refractivity contribution in [2.75, 3.05) is 13.7 Å². The predicted molar refractivity (Wildman–Crippen MR) is 110 cm³/mol. The Hall–Kier alpha value is -2.64. The number of rotatable bonds is 7. The molecule has 7 N–H and O–H groups in total. The molecular formula is C22H26O11. The number of aromatic hydroxyl groups is 2. The Morgan fingerprint density at radius 3 is 2.36 bits per heavy atom. The molecule has 8 atom stereocenters. The van der Waals surface area contributed by atoms with Gasteiger partial charge in [-0.1, -0.05) is 30.3 Å². The van der Waals surface area contributed by atoms with Crippen molar-refractivity contribution in [2.45, 2.75) is 49.0 Å². The number of phenols is 2. The van der Waals surface area contributed by atoms with Gasteiger partial charge in [0.15, 0.2) is 23.9 Å². The second kappa shape index (κ2) is 9.31. The van der Waals surface area contributed by atoms with Gasteiger partial charge in [-0.25, -0.2) is 0 Å². The van der Waals surface area contributed by atoms with Crippen LogP contribution in [0.5, 0.6) is 23.0 Å². The number of benzene rings is 2. The van der Waals surface area contributed by atoms with Crippen molar-refractivity contribution in [2.24, 2.45) is 0 Å². The van der Waals surface area contributed by atoms with Crippen molar-refractivity contribution in [1.82, 2.24) is 0 Å². The molecule has 0 radical (unpaired) electrons. The predicted octanol–water partition coefficient (Wildman–Crippen LogP) is -0.541. The van der Waals surface area contributed by atoms with Crippen LogP contribution < -0.4 is 9.47 Å². The zero-order chi connectivity index (χ0) is 23.9. The van der Waals surface area contributed by atoms with Gasteiger partial charge in [0.25, 0.3) is 0 Å². The molecule has 0 bridgehead atoms. The first-order valence-corrected chi connectivity index (χ1v) is 10.3. The topological polar surface area (TPSA) is 182 Å². The van der Waals surface area contributed by atoms with Crippen molar-refractivity contribution in [1.29, 1.82) is 0 Å². The molecule has 2 heterocycles. The van der Waals surface area contributed by atoms with Crippen LogP contribution in [0.2, 0.25) is 0 Å². The van der Waals surface area contributed by atoms with Gasteiger partial charge in [-0.05, 0) is 5.56 Å². The normalized spacial score (nSPS) is 32.2. The van der Waals surface area contributed by atoms with Crippen LogP contribution in [-0.4, -0.2) is 86.3 Å². The number of aliphatic hydroxyl groups is 5. The van der Waals surface area contributed by atoms with Gasteiger partial charge in [0, 0.05) is 6.07 Å². The van der Waals surface area contributed by atoms with E-state index in [0.717, 1.165) is 6.07 Å². The Balaban J connectivity index is 1.60. The second-order valence-electron chi connectivity index (χ2n) is 7.88. The fraction of sp³-hybridized carbons (Fsp3) is 0.455. The van der Waals surface area contributed by atoms with E-state index in [0.29, 0.717) is 5.56 Å². The summed E-state index contributed by atoms with van der Waals surface area (Å²) in [7, 11) is 1.25. The minimum atomic E-state index is -1.74. The maximum atomic E-state index is 10.7. The molecule has 0 amide bonds. The maximum Gasteiger partial charge on any atom is 0.201 e. The molecule has 2 aliphatic rings. The zero-order valence-corrected chi connectivity index (χ0v) is 17.6. The minimum absolute atomic E-state index is 0.0944. The van der Waals surface area contributed by atoms with Crippen LogP contribution in [0.1, 0.15) is 23.3 Å². The summed E-state index contributed by atoms with van der Waals surface area (Å²) in [5.41, 5.74) is 0.714. The SMILES string of the molecule is COc1c(O)c(OC2C(CO)OC(O)C(O)C2O)cc(O)c1C1OC1C(O)c1ccccc1. The second-order valence-corrected chi connectivity index (χ2v) is 7.88. The Labute approximate surface area is 188 Å². The Morgan fingerprint density at radius 2 is 1.73 bits per heavy atom. The van der Waals surface area contributed by atoms with Gasteiger partial charge in [0.1, 0.15) is 42.4 Å². The largest absolute Gasteiger partial charge is 0.507 e. The molecule has 2 aromatic carbocycles. The number of ether oxygens (including phenoxy) is 4. The third-order valence-electron chi connectivity index (χ3n) is 5.81. The summed E-state index contributed by atoms with van der Waals surface area (Å²) in [4.78, 5) is 0. The van der Waals surface area contributed by atoms with E-state index in [4.69, 9.17) is 18.9 Å². The minimum Gasteiger partial charge on any atom is -0.507 e. The molecule has 0 saturated carbocycles. The lowest BCUT2D eigenvalue weighted by Crippen LogP contribution is -2.60. The summed E-state index contributed by atoms with van der Waals surface area (Å²) < 4.78 is 21.4. The van der Waals surface area contributed by atoms with Crippen LogP contribution >= 0.6 is 0 Å². The van der Waals surface area contributed by atoms with Crippen LogP contribution in [0.15, 0.2) is 36.4 Å². The highest BCUT2D eigenvalue weighted by atomic mass is 16.7. The highest BCUT2D eigenvalue weighted by Gasteiger charge is 2.50. The van der Waals surface area contributed by atoms with Crippen molar-refractivity contribution in [3.8, 4) is 23.0 Å². The molecular weight excluding hydrogens is 440 g/mol. The zero-order valence-electron chi connectivity index (χ0n) is 17.6. The van der Waals surface area contributed by atoms with E-state index in [1.165, 1.54) is 7.11 Å². The Morgan fingerprint density at radius 1 is 1.03 bits per heavy atom. The quantitative estimate of drug-likeness (QED) is 0.206. The smallest absolute Gasteiger partial charge is 0.201 e. The first-order chi connectivity index (χ1) is 15.8. The summed E-state index contributed by atoms with van der Waals surface area (Å²) >= 11 is 0. The Bertz CT molecular complexity index is 967. The van der Waals surface area contributed by atoms with Crippen LogP contribution in [0.3, 0.4) is 0 Å². The molecule has 180 valence electrons. The van der Waals surface area contributed by atoms with E-state index in [-0.39, 0.29) is 22.8 Å². The summed E-state index contributed by atoms with van der Waals surface area (Å²) in [6.45, 7) is -0.664. The van der Waals surface area contributed by atoms with Crippen LogP contribution in [0.25, 0.3) is 0 Å². The van der Waals surface area contributed by atoms with Gasteiger partial charge in [-0.3, -0.25) is 0 Å². The van der Waals surface area contributed by atoms with Crippen molar-refractivity contribution in [3.05, 3.63) is 47.5 Å². The van der Waals surface area contributed by atoms with E-state index in [1.54, 1.807) is 24.3 Å². The van der Waals surface area contributed by atoms with E-state index < -0.39 is 61.4 Å². The molecule has 11 nitrogen and oxygen atoms in total. The molecule has 2 saturated heterocycles. The van der Waals surface area contributed by atoms with Crippen molar-refractivity contribution in [3.63, 3.8) is 0 Å². The molecule has 8 unspecified atom stereocenters. The molecule has 0 aromatic heterocycles. The first-order valence-electron chi connectivity index (χ1n) is 10.3. The average Bonchev–Trinajstić information content (AvgIpc) is 3.61. The van der Waals surface area contributed by atoms with E-state index >= 15 is 0 Å². The van der Waals surface area contributed by atoms with Crippen LogP contribution in [0.4, 0.5) is 0 Å². The molecule has 0 spiro atoms. The standard InChI is InChI=1S/C22H26O11/c1-30-19-13(20-21(33-20)14(25)9-5-3-2-4-6-9)10(24)7-11(15(19)26)31-18-12(8-23)32-22(29)17(28)16(18)27/h2-7,12,14,16-18,20-29H,8H2,1H3. The van der Waals surface area contributed by atoms with Gasteiger partial charge < -0.3 is 54.7 Å². The van der Waals surface area contributed by atoms with Gasteiger partial charge >= 0.3 is 0 Å². The van der Waals surface area contributed by atoms with Crippen molar-refractivity contribution < 1.29 is 54.7 Å². The molecule has 2 aromatic rings. The summed E-state index contributed by atoms with van der Waals surface area (Å²) in [6, 6.07) is 9.86. The maximum absolute atomic E-state index is 10.7. The monoisotopic (exact) mass is 466 g/mol. The number of aliphatic hydroxyl groups excluding tert-OH is 5. The van der Waals surface area contributed by atoms with Crippen molar-refractivity contribution >= 4 is 0 Å². The molecule has 0 aliphatic carbocycles. The fourth-order valence-corrected chi connectivity index (χ4v) is 3.99. The van der Waals surface area contributed by atoms with Crippen LogP contribution in [0, 0.1) is 0 Å². The van der Waals surface area contributed by atoms with Gasteiger partial charge in [-0.2, -0.15) is 0 Å². The van der Waals surface area contributed by atoms with Crippen LogP contribution in [-0.2, 0) is 9.47 Å². The number of hydrogen-bond donors (Lipinski definition) is 7. The lowest BCUT2D eigenvalue weighted by molar-refractivity contribution is -0.282. The average molecular weight is 466 g/mol. The fourth-order valence-electron chi connectivity index (χ4n) is 3.99. The molecule has 2 aliphatic heterocycles.